The van der Waals surface area contributed by atoms with Gasteiger partial charge in [0.2, 0.25) is 0 Å². The third-order valence-corrected chi connectivity index (χ3v) is 1.74. The molecule has 0 bridgehead atoms. The molecule has 1 rings (SSSR count). The zero-order chi connectivity index (χ0) is 7.40. The maximum atomic E-state index is 2.34. The van der Waals surface area contributed by atoms with Gasteiger partial charge < -0.3 is 9.80 Å². The maximum absolute atomic E-state index is 2.34. The minimum atomic E-state index is 0. The Morgan fingerprint density at radius 3 is 2.55 bits per heavy atom. The van der Waals surface area contributed by atoms with Crippen molar-refractivity contribution in [1.82, 2.24) is 9.80 Å². The predicted molar refractivity (Wildman–Crippen MR) is 49.1 cm³/mol. The maximum Gasteiger partial charge on any atom is 0.0890 e. The summed E-state index contributed by atoms with van der Waals surface area (Å²) in [6, 6.07) is 0. The van der Waals surface area contributed by atoms with Gasteiger partial charge in [-0.2, -0.15) is 0 Å². The van der Waals surface area contributed by atoms with Crippen molar-refractivity contribution in [2.45, 2.75) is 19.8 Å². The monoisotopic (exact) mass is 163 g/mol. The van der Waals surface area contributed by atoms with Gasteiger partial charge in [-0.1, -0.05) is 13.3 Å². The van der Waals surface area contributed by atoms with Crippen LogP contribution in [-0.2, 0) is 0 Å². The summed E-state index contributed by atoms with van der Waals surface area (Å²) in [4.78, 5) is 4.53. The molecular weight excluding hydrogens is 147 g/mol. The average molecular weight is 163 g/mol. The quantitative estimate of drug-likeness (QED) is 0.574. The minimum absolute atomic E-state index is 0. The van der Waals surface area contributed by atoms with E-state index in [-0.39, 0.29) is 29.6 Å². The van der Waals surface area contributed by atoms with Crippen LogP contribution in [0, 0.1) is 0 Å². The third-order valence-electron chi connectivity index (χ3n) is 1.74. The Balaban J connectivity index is 0.000001000. The van der Waals surface area contributed by atoms with E-state index in [0.29, 0.717) is 0 Å². The Hall–Kier alpha value is 0.340. The van der Waals surface area contributed by atoms with Crippen LogP contribution in [0.15, 0.2) is 12.4 Å². The van der Waals surface area contributed by atoms with Crippen molar-refractivity contribution in [2.75, 3.05) is 20.3 Å². The second-order valence-corrected chi connectivity index (χ2v) is 2.86. The molecule has 2 nitrogen and oxygen atoms in total. The van der Waals surface area contributed by atoms with Gasteiger partial charge in [0.25, 0.3) is 0 Å². The molecule has 1 aliphatic rings. The molecule has 11 heavy (non-hydrogen) atoms. The molecule has 0 atom stereocenters. The van der Waals surface area contributed by atoms with E-state index >= 15 is 0 Å². The number of nitrogens with zero attached hydrogens (tertiary/aromatic N) is 2. The molecule has 0 saturated heterocycles. The third kappa shape index (κ3) is 4.04. The molecule has 0 amide bonds. The van der Waals surface area contributed by atoms with Gasteiger partial charge >= 0.3 is 0 Å². The summed E-state index contributed by atoms with van der Waals surface area (Å²) in [5.74, 6) is 0. The van der Waals surface area contributed by atoms with Crippen molar-refractivity contribution in [3.05, 3.63) is 12.4 Å². The van der Waals surface area contributed by atoms with E-state index in [0.717, 1.165) is 6.67 Å². The molecule has 0 aromatic rings. The van der Waals surface area contributed by atoms with Crippen LogP contribution in [-0.4, -0.2) is 59.6 Å². The molecule has 0 unspecified atom stereocenters. The first-order valence-electron chi connectivity index (χ1n) is 3.95. The molecule has 1 aliphatic heterocycles. The molecule has 0 N–H and O–H groups in total. The summed E-state index contributed by atoms with van der Waals surface area (Å²) in [7, 11) is 2.10. The first-order chi connectivity index (χ1) is 4.83. The number of unbranched alkanes of at least 4 members (excludes halogenated alkanes) is 1. The van der Waals surface area contributed by atoms with E-state index in [1.54, 1.807) is 0 Å². The van der Waals surface area contributed by atoms with Gasteiger partial charge in [-0.25, -0.2) is 0 Å². The molecule has 0 aromatic carbocycles. The molecule has 0 saturated carbocycles. The van der Waals surface area contributed by atoms with Crippen LogP contribution >= 0.6 is 0 Å². The number of hydrogen-bond acceptors (Lipinski definition) is 2. The van der Waals surface area contributed by atoms with E-state index in [4.69, 9.17) is 0 Å². The van der Waals surface area contributed by atoms with Crippen LogP contribution in [0.4, 0.5) is 0 Å². The van der Waals surface area contributed by atoms with Gasteiger partial charge in [-0.15, -0.1) is 0 Å². The van der Waals surface area contributed by atoms with E-state index < -0.39 is 0 Å². The molecule has 0 aliphatic carbocycles. The van der Waals surface area contributed by atoms with Gasteiger partial charge in [-0.05, 0) is 6.42 Å². The Kier molecular flexibility index (Phi) is 6.11. The first kappa shape index (κ1) is 11.3. The van der Waals surface area contributed by atoms with Gasteiger partial charge in [-0.3, -0.25) is 0 Å². The standard InChI is InChI=1S/C8H16N2.Na/c1-3-4-5-10-7-6-9(2)8-10;/h6-7H,3-5,8H2,1-2H3;. The topological polar surface area (TPSA) is 6.48 Å². The van der Waals surface area contributed by atoms with Crippen LogP contribution in [0.1, 0.15) is 19.8 Å². The Labute approximate surface area is 91.5 Å². The second-order valence-electron chi connectivity index (χ2n) is 2.86. The molecule has 3 heteroatoms. The van der Waals surface area contributed by atoms with E-state index in [1.807, 2.05) is 0 Å². The summed E-state index contributed by atoms with van der Waals surface area (Å²) in [6.07, 6.45) is 6.87. The molecular formula is C8H16N2Na. The van der Waals surface area contributed by atoms with E-state index in [1.165, 1.54) is 19.4 Å². The molecule has 1 heterocycles. The fourth-order valence-electron chi connectivity index (χ4n) is 1.10. The summed E-state index contributed by atoms with van der Waals surface area (Å²) in [5, 5.41) is 0. The Morgan fingerprint density at radius 2 is 2.09 bits per heavy atom. The fraction of sp³-hybridized carbons (Fsp3) is 0.750. The van der Waals surface area contributed by atoms with Crippen molar-refractivity contribution in [3.63, 3.8) is 0 Å². The fourth-order valence-corrected chi connectivity index (χ4v) is 1.10. The molecule has 0 spiro atoms. The summed E-state index contributed by atoms with van der Waals surface area (Å²) >= 11 is 0. The van der Waals surface area contributed by atoms with Gasteiger partial charge in [0.15, 0.2) is 0 Å². The van der Waals surface area contributed by atoms with E-state index in [9.17, 15) is 0 Å². The van der Waals surface area contributed by atoms with Gasteiger partial charge in [0, 0.05) is 55.5 Å². The van der Waals surface area contributed by atoms with Crippen molar-refractivity contribution >= 4 is 29.6 Å². The second kappa shape index (κ2) is 5.92. The largest absolute Gasteiger partial charge is 0.362 e. The normalized spacial score (nSPS) is 15.5. The van der Waals surface area contributed by atoms with Crippen LogP contribution in [0.2, 0.25) is 0 Å². The van der Waals surface area contributed by atoms with Crippen molar-refractivity contribution in [3.8, 4) is 0 Å². The van der Waals surface area contributed by atoms with Crippen molar-refractivity contribution < 1.29 is 0 Å². The molecule has 1 radical (unpaired) electrons. The summed E-state index contributed by atoms with van der Waals surface area (Å²) in [6.45, 7) is 4.50. The van der Waals surface area contributed by atoms with E-state index in [2.05, 4.69) is 36.2 Å². The summed E-state index contributed by atoms with van der Waals surface area (Å²) in [5.41, 5.74) is 0. The zero-order valence-electron chi connectivity index (χ0n) is 7.88. The molecule has 0 aromatic heterocycles. The average Bonchev–Trinajstić information content (AvgIpc) is 2.31. The van der Waals surface area contributed by atoms with Crippen LogP contribution in [0.25, 0.3) is 0 Å². The number of rotatable bonds is 3. The molecule has 59 valence electrons. The van der Waals surface area contributed by atoms with Crippen LogP contribution < -0.4 is 0 Å². The first-order valence-corrected chi connectivity index (χ1v) is 3.95. The van der Waals surface area contributed by atoms with Crippen LogP contribution in [0.5, 0.6) is 0 Å². The molecule has 0 fully saturated rings. The Bertz CT molecular complexity index is 125. The van der Waals surface area contributed by atoms with Gasteiger partial charge in [0.05, 0.1) is 6.67 Å². The minimum Gasteiger partial charge on any atom is -0.362 e. The van der Waals surface area contributed by atoms with Crippen molar-refractivity contribution in [2.24, 2.45) is 0 Å². The summed E-state index contributed by atoms with van der Waals surface area (Å²) < 4.78 is 0. The van der Waals surface area contributed by atoms with Crippen molar-refractivity contribution in [1.29, 1.82) is 0 Å². The predicted octanol–water partition coefficient (Wildman–Crippen LogP) is 1.08. The Morgan fingerprint density at radius 1 is 1.36 bits per heavy atom. The zero-order valence-corrected chi connectivity index (χ0v) is 9.88. The smallest absolute Gasteiger partial charge is 0.0890 e. The number of hydrogen-bond donors (Lipinski definition) is 0. The van der Waals surface area contributed by atoms with Crippen LogP contribution in [0.3, 0.4) is 0 Å². The SMILES string of the molecule is CCCCN1C=CN(C)C1.[Na]. The van der Waals surface area contributed by atoms with Gasteiger partial charge in [0.1, 0.15) is 0 Å².